The third-order valence-corrected chi connectivity index (χ3v) is 1.99. The van der Waals surface area contributed by atoms with Gasteiger partial charge in [-0.2, -0.15) is 0 Å². The Hall–Kier alpha value is -0.570. The van der Waals surface area contributed by atoms with Gasteiger partial charge >= 0.3 is 0 Å². The van der Waals surface area contributed by atoms with Crippen molar-refractivity contribution in [3.63, 3.8) is 0 Å². The van der Waals surface area contributed by atoms with Crippen molar-refractivity contribution in [2.24, 2.45) is 5.73 Å². The second-order valence-corrected chi connectivity index (χ2v) is 2.85. The molecule has 0 aromatic carbocycles. The van der Waals surface area contributed by atoms with Crippen molar-refractivity contribution >= 4 is 5.84 Å². The standard InChI is InChI=1S/C8H19N3/c1-4-7(3)11(5-2)6-8(9)10/h7H,4-6H2,1-3H3,(H3,9,10). The number of nitrogens with zero attached hydrogens (tertiary/aromatic N) is 1. The molecule has 11 heavy (non-hydrogen) atoms. The summed E-state index contributed by atoms with van der Waals surface area (Å²) >= 11 is 0. The van der Waals surface area contributed by atoms with Crippen LogP contribution in [0.3, 0.4) is 0 Å². The number of nitrogens with one attached hydrogen (secondary N) is 1. The predicted octanol–water partition coefficient (Wildman–Crippen LogP) is 1.04. The molecule has 0 saturated heterocycles. The Morgan fingerprint density at radius 3 is 2.36 bits per heavy atom. The van der Waals surface area contributed by atoms with Gasteiger partial charge in [0.25, 0.3) is 0 Å². The van der Waals surface area contributed by atoms with Crippen molar-refractivity contribution in [1.29, 1.82) is 5.41 Å². The highest BCUT2D eigenvalue weighted by Gasteiger charge is 2.09. The number of hydrogen-bond acceptors (Lipinski definition) is 2. The van der Waals surface area contributed by atoms with E-state index in [1.807, 2.05) is 0 Å². The van der Waals surface area contributed by atoms with E-state index in [0.717, 1.165) is 13.0 Å². The van der Waals surface area contributed by atoms with Crippen molar-refractivity contribution < 1.29 is 0 Å². The van der Waals surface area contributed by atoms with Crippen molar-refractivity contribution in [2.75, 3.05) is 13.1 Å². The average Bonchev–Trinajstić information content (AvgIpc) is 1.98. The summed E-state index contributed by atoms with van der Waals surface area (Å²) in [5.74, 6) is 0.257. The Bertz CT molecular complexity index is 123. The second kappa shape index (κ2) is 5.13. The van der Waals surface area contributed by atoms with Crippen molar-refractivity contribution in [2.45, 2.75) is 33.2 Å². The largest absolute Gasteiger partial charge is 0.387 e. The lowest BCUT2D eigenvalue weighted by molar-refractivity contribution is 0.244. The smallest absolute Gasteiger partial charge is 0.105 e. The van der Waals surface area contributed by atoms with Gasteiger partial charge in [-0.15, -0.1) is 0 Å². The molecule has 0 aliphatic carbocycles. The Labute approximate surface area is 69.1 Å². The number of likely N-dealkylation sites (N-methyl/N-ethyl adjacent to an activating group) is 1. The molecule has 1 atom stereocenters. The van der Waals surface area contributed by atoms with Gasteiger partial charge < -0.3 is 5.73 Å². The molecule has 0 heterocycles. The summed E-state index contributed by atoms with van der Waals surface area (Å²) in [6, 6.07) is 0.531. The van der Waals surface area contributed by atoms with Crippen LogP contribution in [0.15, 0.2) is 0 Å². The molecule has 0 rings (SSSR count). The summed E-state index contributed by atoms with van der Waals surface area (Å²) in [7, 11) is 0. The van der Waals surface area contributed by atoms with E-state index in [1.165, 1.54) is 0 Å². The Morgan fingerprint density at radius 1 is 1.55 bits per heavy atom. The van der Waals surface area contributed by atoms with E-state index in [0.29, 0.717) is 12.6 Å². The highest BCUT2D eigenvalue weighted by atomic mass is 15.2. The molecule has 3 nitrogen and oxygen atoms in total. The average molecular weight is 157 g/mol. The molecule has 0 amide bonds. The molecule has 0 aromatic heterocycles. The molecule has 0 spiro atoms. The summed E-state index contributed by atoms with van der Waals surface area (Å²) in [4.78, 5) is 2.20. The fraction of sp³-hybridized carbons (Fsp3) is 0.875. The quantitative estimate of drug-likeness (QED) is 0.463. The van der Waals surface area contributed by atoms with Gasteiger partial charge in [-0.05, 0) is 19.9 Å². The number of hydrogen-bond donors (Lipinski definition) is 2. The summed E-state index contributed by atoms with van der Waals surface area (Å²) in [6.07, 6.45) is 1.11. The van der Waals surface area contributed by atoms with Crippen molar-refractivity contribution in [1.82, 2.24) is 4.90 Å². The van der Waals surface area contributed by atoms with Gasteiger partial charge in [-0.25, -0.2) is 0 Å². The molecule has 0 aliphatic heterocycles. The monoisotopic (exact) mass is 157 g/mol. The van der Waals surface area contributed by atoms with Crippen LogP contribution in [0.1, 0.15) is 27.2 Å². The summed E-state index contributed by atoms with van der Waals surface area (Å²) in [5.41, 5.74) is 5.30. The van der Waals surface area contributed by atoms with E-state index < -0.39 is 0 Å². The van der Waals surface area contributed by atoms with Crippen molar-refractivity contribution in [3.05, 3.63) is 0 Å². The fourth-order valence-electron chi connectivity index (χ4n) is 1.06. The minimum Gasteiger partial charge on any atom is -0.387 e. The molecule has 3 N–H and O–H groups in total. The SMILES string of the molecule is CCC(C)N(CC)CC(=N)N. The number of rotatable bonds is 5. The zero-order chi connectivity index (χ0) is 8.85. The van der Waals surface area contributed by atoms with Gasteiger partial charge in [0.2, 0.25) is 0 Å². The van der Waals surface area contributed by atoms with Crippen LogP contribution in [0.25, 0.3) is 0 Å². The topological polar surface area (TPSA) is 53.1 Å². The first-order chi connectivity index (χ1) is 5.11. The molecular weight excluding hydrogens is 138 g/mol. The maximum atomic E-state index is 7.13. The normalized spacial score (nSPS) is 13.5. The predicted molar refractivity (Wildman–Crippen MR) is 48.9 cm³/mol. The maximum absolute atomic E-state index is 7.13. The molecule has 3 heteroatoms. The third-order valence-electron chi connectivity index (χ3n) is 1.99. The van der Waals surface area contributed by atoms with Crippen LogP contribution in [-0.2, 0) is 0 Å². The summed E-state index contributed by atoms with van der Waals surface area (Å²) in [6.45, 7) is 7.97. The molecule has 0 saturated carbocycles. The third kappa shape index (κ3) is 3.98. The zero-order valence-electron chi connectivity index (χ0n) is 7.72. The van der Waals surface area contributed by atoms with Gasteiger partial charge in [-0.3, -0.25) is 10.3 Å². The number of nitrogens with two attached hydrogens (primary N) is 1. The lowest BCUT2D eigenvalue weighted by Gasteiger charge is -2.25. The minimum atomic E-state index is 0.257. The fourth-order valence-corrected chi connectivity index (χ4v) is 1.06. The molecular formula is C8H19N3. The van der Waals surface area contributed by atoms with Crippen LogP contribution in [-0.4, -0.2) is 29.9 Å². The van der Waals surface area contributed by atoms with Gasteiger partial charge in [0.05, 0.1) is 6.54 Å². The second-order valence-electron chi connectivity index (χ2n) is 2.85. The number of amidine groups is 1. The molecule has 0 aliphatic rings. The maximum Gasteiger partial charge on any atom is 0.105 e. The molecule has 66 valence electrons. The molecule has 0 bridgehead atoms. The lowest BCUT2D eigenvalue weighted by atomic mass is 10.2. The Balaban J connectivity index is 3.84. The first-order valence-electron chi connectivity index (χ1n) is 4.18. The first-order valence-corrected chi connectivity index (χ1v) is 4.18. The van der Waals surface area contributed by atoms with Gasteiger partial charge in [-0.1, -0.05) is 13.8 Å². The van der Waals surface area contributed by atoms with Crippen LogP contribution < -0.4 is 5.73 Å². The van der Waals surface area contributed by atoms with E-state index >= 15 is 0 Å². The summed E-state index contributed by atoms with van der Waals surface area (Å²) in [5, 5.41) is 7.13. The van der Waals surface area contributed by atoms with Crippen LogP contribution in [0.5, 0.6) is 0 Å². The molecule has 0 fully saturated rings. The first kappa shape index (κ1) is 10.4. The lowest BCUT2D eigenvalue weighted by Crippen LogP contribution is -2.39. The highest BCUT2D eigenvalue weighted by molar-refractivity contribution is 5.78. The van der Waals surface area contributed by atoms with Crippen LogP contribution in [0.2, 0.25) is 0 Å². The molecule has 0 aromatic rings. The van der Waals surface area contributed by atoms with E-state index in [4.69, 9.17) is 11.1 Å². The molecule has 1 unspecified atom stereocenters. The van der Waals surface area contributed by atoms with Crippen LogP contribution in [0, 0.1) is 5.41 Å². The van der Waals surface area contributed by atoms with Gasteiger partial charge in [0.15, 0.2) is 0 Å². The van der Waals surface area contributed by atoms with Gasteiger partial charge in [0, 0.05) is 6.04 Å². The molecule has 0 radical (unpaired) electrons. The summed E-state index contributed by atoms with van der Waals surface area (Å²) < 4.78 is 0. The Morgan fingerprint density at radius 2 is 2.09 bits per heavy atom. The highest BCUT2D eigenvalue weighted by Crippen LogP contribution is 2.01. The minimum absolute atomic E-state index is 0.257. The van der Waals surface area contributed by atoms with E-state index in [1.54, 1.807) is 0 Å². The van der Waals surface area contributed by atoms with Crippen LogP contribution in [0.4, 0.5) is 0 Å². The van der Waals surface area contributed by atoms with Gasteiger partial charge in [0.1, 0.15) is 5.84 Å². The Kier molecular flexibility index (Phi) is 4.86. The van der Waals surface area contributed by atoms with E-state index in [2.05, 4.69) is 25.7 Å². The zero-order valence-corrected chi connectivity index (χ0v) is 7.72. The van der Waals surface area contributed by atoms with E-state index in [9.17, 15) is 0 Å². The van der Waals surface area contributed by atoms with Crippen LogP contribution >= 0.6 is 0 Å². The van der Waals surface area contributed by atoms with Crippen molar-refractivity contribution in [3.8, 4) is 0 Å². The van der Waals surface area contributed by atoms with E-state index in [-0.39, 0.29) is 5.84 Å².